The molecule has 0 radical (unpaired) electrons. The molecule has 0 spiro atoms. The minimum Gasteiger partial charge on any atom is -0.399 e. The predicted octanol–water partition coefficient (Wildman–Crippen LogP) is 4.01. The lowest BCUT2D eigenvalue weighted by atomic mass is 9.95. The van der Waals surface area contributed by atoms with Crippen molar-refractivity contribution in [3.63, 3.8) is 0 Å². The SMILES string of the molecule is C=CC(=O)N1CCN(C2OC(OC[C@@H]3CCCN3C)c3ccc4c(c32)CNCN4c2cc(N)cc(F)c2Cl)C[C@@H]1CC#N. The fourth-order valence-electron chi connectivity index (χ4n) is 6.82. The third-order valence-electron chi connectivity index (χ3n) is 9.05. The number of hydrogen-bond donors (Lipinski definition) is 2. The molecule has 2 fully saturated rings. The van der Waals surface area contributed by atoms with E-state index in [9.17, 15) is 14.4 Å². The monoisotopic (exact) mass is 609 g/mol. The molecule has 12 heteroatoms. The van der Waals surface area contributed by atoms with Gasteiger partial charge in [0.05, 0.1) is 37.5 Å². The number of carbonyl (C=O) groups excluding carboxylic acids is 1. The molecule has 4 aliphatic rings. The number of benzene rings is 2. The summed E-state index contributed by atoms with van der Waals surface area (Å²) < 4.78 is 27.8. The van der Waals surface area contributed by atoms with Crippen molar-refractivity contribution in [3.8, 4) is 6.07 Å². The average molecular weight is 610 g/mol. The lowest BCUT2D eigenvalue weighted by Crippen LogP contribution is -2.55. The molecule has 0 aliphatic carbocycles. The van der Waals surface area contributed by atoms with Crippen LogP contribution in [0.25, 0.3) is 0 Å². The summed E-state index contributed by atoms with van der Waals surface area (Å²) in [5.74, 6) is -0.759. The van der Waals surface area contributed by atoms with Crippen LogP contribution >= 0.6 is 11.6 Å². The first kappa shape index (κ1) is 29.8. The fraction of sp³-hybridized carbons (Fsp3) is 0.484. The number of halogens is 2. The largest absolute Gasteiger partial charge is 0.399 e. The Kier molecular flexibility index (Phi) is 8.60. The van der Waals surface area contributed by atoms with Crippen molar-refractivity contribution >= 4 is 34.6 Å². The smallest absolute Gasteiger partial charge is 0.246 e. The first-order valence-corrected chi connectivity index (χ1v) is 15.1. The lowest BCUT2D eigenvalue weighted by molar-refractivity contribution is -0.206. The molecule has 1 amide bonds. The van der Waals surface area contributed by atoms with Crippen LogP contribution in [-0.4, -0.2) is 79.2 Å². The first-order chi connectivity index (χ1) is 20.8. The number of piperazine rings is 1. The van der Waals surface area contributed by atoms with Crippen LogP contribution in [0.1, 0.15) is 48.5 Å². The highest BCUT2D eigenvalue weighted by atomic mass is 35.5. The number of ether oxygens (including phenoxy) is 2. The Labute approximate surface area is 256 Å². The highest BCUT2D eigenvalue weighted by Crippen LogP contribution is 2.49. The van der Waals surface area contributed by atoms with E-state index < -0.39 is 18.3 Å². The van der Waals surface area contributed by atoms with Crippen molar-refractivity contribution in [1.82, 2.24) is 20.0 Å². The third-order valence-corrected chi connectivity index (χ3v) is 9.42. The normalized spacial score (nSPS) is 25.8. The Hall–Kier alpha value is -3.24. The maximum absolute atomic E-state index is 14.6. The molecular formula is C31H37ClFN7O3. The summed E-state index contributed by atoms with van der Waals surface area (Å²) in [5.41, 5.74) is 10.6. The van der Waals surface area contributed by atoms with Gasteiger partial charge in [0.25, 0.3) is 0 Å². The van der Waals surface area contributed by atoms with Gasteiger partial charge in [0, 0.05) is 54.7 Å². The van der Waals surface area contributed by atoms with Crippen LogP contribution in [0.4, 0.5) is 21.5 Å². The number of fused-ring (bicyclic) bond motifs is 3. The molecule has 2 unspecified atom stereocenters. The molecule has 2 saturated heterocycles. The molecule has 4 aliphatic heterocycles. The molecule has 0 bridgehead atoms. The second kappa shape index (κ2) is 12.4. The van der Waals surface area contributed by atoms with E-state index in [0.29, 0.717) is 51.2 Å². The maximum atomic E-state index is 14.6. The Morgan fingerprint density at radius 3 is 2.88 bits per heavy atom. The number of rotatable bonds is 7. The quantitative estimate of drug-likeness (QED) is 0.355. The standard InChI is InChI=1S/C31H37ClFN7O3/c1-3-27(41)39-12-11-38(16-20(39)8-9-34)30-28-22(31(43-30)42-17-21-5-4-10-37(21)2)6-7-25-23(28)15-36-18-40(25)26-14-19(35)13-24(33)29(26)32/h3,6-7,13-14,20-21,30-31,36H,1,4-5,8,10-12,15-18,35H2,2H3/t20-,21-,30?,31?/m0/s1. The van der Waals surface area contributed by atoms with Gasteiger partial charge in [-0.15, -0.1) is 0 Å². The van der Waals surface area contributed by atoms with Crippen LogP contribution in [0.3, 0.4) is 0 Å². The van der Waals surface area contributed by atoms with Gasteiger partial charge in [-0.1, -0.05) is 24.2 Å². The molecule has 10 nitrogen and oxygen atoms in total. The molecular weight excluding hydrogens is 573 g/mol. The summed E-state index contributed by atoms with van der Waals surface area (Å²) in [7, 11) is 2.12. The summed E-state index contributed by atoms with van der Waals surface area (Å²) >= 11 is 6.45. The zero-order valence-corrected chi connectivity index (χ0v) is 25.0. The van der Waals surface area contributed by atoms with Gasteiger partial charge in [-0.2, -0.15) is 5.26 Å². The van der Waals surface area contributed by atoms with Crippen molar-refractivity contribution < 1.29 is 18.7 Å². The molecule has 228 valence electrons. The van der Waals surface area contributed by atoms with Crippen LogP contribution < -0.4 is 16.0 Å². The maximum Gasteiger partial charge on any atom is 0.246 e. The number of nitrogens with zero attached hydrogens (tertiary/aromatic N) is 5. The highest BCUT2D eigenvalue weighted by Gasteiger charge is 2.43. The van der Waals surface area contributed by atoms with Crippen molar-refractivity contribution in [2.24, 2.45) is 0 Å². The minimum absolute atomic E-state index is 0.00129. The second-order valence-electron chi connectivity index (χ2n) is 11.6. The topological polar surface area (TPSA) is 110 Å². The van der Waals surface area contributed by atoms with E-state index >= 15 is 0 Å². The van der Waals surface area contributed by atoms with Crippen LogP contribution in [-0.2, 0) is 20.8 Å². The number of amides is 1. The number of anilines is 3. The zero-order chi connectivity index (χ0) is 30.2. The van der Waals surface area contributed by atoms with Crippen LogP contribution in [0, 0.1) is 17.1 Å². The number of nitrogens with two attached hydrogens (primary N) is 1. The number of hydrogen-bond acceptors (Lipinski definition) is 9. The van der Waals surface area contributed by atoms with Gasteiger partial charge < -0.3 is 29.9 Å². The molecule has 43 heavy (non-hydrogen) atoms. The van der Waals surface area contributed by atoms with Gasteiger partial charge in [0.1, 0.15) is 17.1 Å². The Morgan fingerprint density at radius 1 is 1.30 bits per heavy atom. The van der Waals surface area contributed by atoms with Gasteiger partial charge in [-0.3, -0.25) is 15.0 Å². The van der Waals surface area contributed by atoms with Gasteiger partial charge in [0.15, 0.2) is 6.29 Å². The van der Waals surface area contributed by atoms with Gasteiger partial charge >= 0.3 is 0 Å². The number of nitriles is 1. The van der Waals surface area contributed by atoms with E-state index in [0.717, 1.165) is 41.8 Å². The molecule has 2 aromatic rings. The fourth-order valence-corrected chi connectivity index (χ4v) is 7.03. The van der Waals surface area contributed by atoms with E-state index in [2.05, 4.69) is 34.8 Å². The molecule has 4 atom stereocenters. The number of likely N-dealkylation sites (N-methyl/N-ethyl adjacent to an activating group) is 1. The number of nitrogen functional groups attached to an aromatic ring is 1. The van der Waals surface area contributed by atoms with Crippen molar-refractivity contribution in [3.05, 3.63) is 64.5 Å². The van der Waals surface area contributed by atoms with Crippen LogP contribution in [0.15, 0.2) is 36.9 Å². The van der Waals surface area contributed by atoms with Crippen molar-refractivity contribution in [2.45, 2.75) is 50.4 Å². The molecule has 0 saturated carbocycles. The number of nitrogens with one attached hydrogen (secondary N) is 1. The van der Waals surface area contributed by atoms with E-state index in [1.165, 1.54) is 12.1 Å². The van der Waals surface area contributed by atoms with E-state index in [-0.39, 0.29) is 29.1 Å². The molecule has 6 rings (SSSR count). The van der Waals surface area contributed by atoms with Gasteiger partial charge in [-0.25, -0.2) is 4.39 Å². The Bertz CT molecular complexity index is 1450. The number of likely N-dealkylation sites (tertiary alicyclic amines) is 1. The van der Waals surface area contributed by atoms with E-state index in [4.69, 9.17) is 26.8 Å². The van der Waals surface area contributed by atoms with Crippen molar-refractivity contribution in [1.29, 1.82) is 5.26 Å². The summed E-state index contributed by atoms with van der Waals surface area (Å²) in [6.07, 6.45) is 2.68. The van der Waals surface area contributed by atoms with Gasteiger partial charge in [0.2, 0.25) is 5.91 Å². The molecule has 0 aromatic heterocycles. The summed E-state index contributed by atoms with van der Waals surface area (Å²) in [6, 6.07) is 9.19. The third kappa shape index (κ3) is 5.59. The zero-order valence-electron chi connectivity index (χ0n) is 24.3. The van der Waals surface area contributed by atoms with Crippen LogP contribution in [0.5, 0.6) is 0 Å². The molecule has 3 N–H and O–H groups in total. The Balaban J connectivity index is 1.37. The second-order valence-corrected chi connectivity index (χ2v) is 12.0. The lowest BCUT2D eigenvalue weighted by Gasteiger charge is -2.43. The number of carbonyl (C=O) groups is 1. The summed E-state index contributed by atoms with van der Waals surface area (Å²) in [4.78, 5) is 20.7. The van der Waals surface area contributed by atoms with E-state index in [1.807, 2.05) is 17.0 Å². The van der Waals surface area contributed by atoms with E-state index in [1.54, 1.807) is 11.0 Å². The highest BCUT2D eigenvalue weighted by molar-refractivity contribution is 6.33. The summed E-state index contributed by atoms with van der Waals surface area (Å²) in [5, 5.41) is 13.0. The molecule has 4 heterocycles. The predicted molar refractivity (Wildman–Crippen MR) is 162 cm³/mol. The average Bonchev–Trinajstić information content (AvgIpc) is 3.60. The summed E-state index contributed by atoms with van der Waals surface area (Å²) in [6.45, 7) is 7.67. The first-order valence-electron chi connectivity index (χ1n) is 14.7. The van der Waals surface area contributed by atoms with Crippen molar-refractivity contribution in [2.75, 3.05) is 57.1 Å². The minimum atomic E-state index is -0.578. The van der Waals surface area contributed by atoms with Gasteiger partial charge in [-0.05, 0) is 56.3 Å². The van der Waals surface area contributed by atoms with Crippen LogP contribution in [0.2, 0.25) is 5.02 Å². The Morgan fingerprint density at radius 2 is 2.14 bits per heavy atom. The molecule has 2 aromatic carbocycles.